The summed E-state index contributed by atoms with van der Waals surface area (Å²) < 4.78 is 4.66. The zero-order valence-corrected chi connectivity index (χ0v) is 15.3. The molecule has 6 heteroatoms. The highest BCUT2D eigenvalue weighted by Gasteiger charge is 2.13. The molecule has 0 atom stereocenters. The predicted octanol–water partition coefficient (Wildman–Crippen LogP) is 3.17. The number of methoxy groups -OCH3 is 1. The summed E-state index contributed by atoms with van der Waals surface area (Å²) in [5.74, 6) is -1.01. The van der Waals surface area contributed by atoms with E-state index < -0.39 is 5.97 Å². The second-order valence-corrected chi connectivity index (χ2v) is 6.18. The highest BCUT2D eigenvalue weighted by atomic mass is 16.5. The Bertz CT molecular complexity index is 843. The fraction of sp³-hybridized carbons (Fsp3) is 0.250. The van der Waals surface area contributed by atoms with Crippen molar-refractivity contribution in [3.63, 3.8) is 0 Å². The number of amides is 2. The van der Waals surface area contributed by atoms with Crippen molar-refractivity contribution < 1.29 is 19.1 Å². The molecular formula is C20H22N2O4. The maximum Gasteiger partial charge on any atom is 0.337 e. The van der Waals surface area contributed by atoms with Gasteiger partial charge >= 0.3 is 5.97 Å². The van der Waals surface area contributed by atoms with E-state index in [1.165, 1.54) is 13.2 Å². The fourth-order valence-electron chi connectivity index (χ4n) is 2.39. The molecule has 0 aliphatic rings. The Kier molecular flexibility index (Phi) is 6.11. The molecule has 0 bridgehead atoms. The van der Waals surface area contributed by atoms with E-state index in [4.69, 9.17) is 0 Å². The van der Waals surface area contributed by atoms with Gasteiger partial charge in [0.2, 0.25) is 0 Å². The first kappa shape index (κ1) is 19.2. The molecule has 2 aromatic rings. The minimum absolute atomic E-state index is 0.0456. The quantitative estimate of drug-likeness (QED) is 0.808. The smallest absolute Gasteiger partial charge is 0.337 e. The third-order valence-electron chi connectivity index (χ3n) is 3.70. The number of hydrogen-bond acceptors (Lipinski definition) is 4. The Labute approximate surface area is 152 Å². The van der Waals surface area contributed by atoms with E-state index in [0.717, 1.165) is 5.56 Å². The number of ether oxygens (including phenoxy) is 1. The molecule has 6 nitrogen and oxygen atoms in total. The van der Waals surface area contributed by atoms with Crippen LogP contribution in [0.25, 0.3) is 0 Å². The highest BCUT2D eigenvalue weighted by Crippen LogP contribution is 2.18. The van der Waals surface area contributed by atoms with E-state index >= 15 is 0 Å². The summed E-state index contributed by atoms with van der Waals surface area (Å²) in [6, 6.07) is 11.4. The van der Waals surface area contributed by atoms with Gasteiger partial charge in [-0.2, -0.15) is 0 Å². The van der Waals surface area contributed by atoms with Crippen molar-refractivity contribution >= 4 is 23.5 Å². The SMILES string of the molecule is COC(=O)c1cccc(C(=O)Nc2ccc(C(=O)NC(C)C)cc2C)c1. The number of benzene rings is 2. The molecule has 0 aliphatic carbocycles. The molecule has 2 aromatic carbocycles. The number of esters is 1. The first-order valence-corrected chi connectivity index (χ1v) is 8.23. The zero-order chi connectivity index (χ0) is 19.3. The van der Waals surface area contributed by atoms with Gasteiger partial charge in [-0.15, -0.1) is 0 Å². The minimum Gasteiger partial charge on any atom is -0.465 e. The van der Waals surface area contributed by atoms with Crippen molar-refractivity contribution in [1.29, 1.82) is 0 Å². The number of nitrogens with one attached hydrogen (secondary N) is 2. The van der Waals surface area contributed by atoms with Crippen molar-refractivity contribution in [2.75, 3.05) is 12.4 Å². The Hall–Kier alpha value is -3.15. The third kappa shape index (κ3) is 4.69. The Morgan fingerprint density at radius 2 is 1.58 bits per heavy atom. The maximum absolute atomic E-state index is 12.5. The number of aryl methyl sites for hydroxylation is 1. The first-order chi connectivity index (χ1) is 12.3. The summed E-state index contributed by atoms with van der Waals surface area (Å²) in [7, 11) is 1.29. The first-order valence-electron chi connectivity index (χ1n) is 8.23. The summed E-state index contributed by atoms with van der Waals surface area (Å²) in [5, 5.41) is 5.62. The monoisotopic (exact) mass is 354 g/mol. The van der Waals surface area contributed by atoms with Gasteiger partial charge in [-0.1, -0.05) is 6.07 Å². The topological polar surface area (TPSA) is 84.5 Å². The molecule has 0 saturated heterocycles. The summed E-state index contributed by atoms with van der Waals surface area (Å²) in [4.78, 5) is 36.1. The van der Waals surface area contributed by atoms with Crippen molar-refractivity contribution in [3.05, 3.63) is 64.7 Å². The van der Waals surface area contributed by atoms with Crippen LogP contribution >= 0.6 is 0 Å². The van der Waals surface area contributed by atoms with Crippen LogP contribution in [0.4, 0.5) is 5.69 Å². The summed E-state index contributed by atoms with van der Waals surface area (Å²) in [6.07, 6.45) is 0. The number of hydrogen-bond donors (Lipinski definition) is 2. The van der Waals surface area contributed by atoms with Crippen molar-refractivity contribution in [1.82, 2.24) is 5.32 Å². The molecule has 2 amide bonds. The van der Waals surface area contributed by atoms with E-state index in [2.05, 4.69) is 15.4 Å². The van der Waals surface area contributed by atoms with Gasteiger partial charge in [0.1, 0.15) is 0 Å². The van der Waals surface area contributed by atoms with Crippen LogP contribution in [0.2, 0.25) is 0 Å². The van der Waals surface area contributed by atoms with Gasteiger partial charge in [0.25, 0.3) is 11.8 Å². The van der Waals surface area contributed by atoms with Gasteiger partial charge in [0, 0.05) is 22.9 Å². The lowest BCUT2D eigenvalue weighted by Gasteiger charge is -2.12. The van der Waals surface area contributed by atoms with Crippen LogP contribution < -0.4 is 10.6 Å². The van der Waals surface area contributed by atoms with Gasteiger partial charge in [-0.05, 0) is 62.7 Å². The van der Waals surface area contributed by atoms with E-state index in [-0.39, 0.29) is 17.9 Å². The van der Waals surface area contributed by atoms with Crippen molar-refractivity contribution in [3.8, 4) is 0 Å². The largest absolute Gasteiger partial charge is 0.465 e. The minimum atomic E-state index is -0.503. The van der Waals surface area contributed by atoms with Crippen LogP contribution in [0, 0.1) is 6.92 Å². The van der Waals surface area contributed by atoms with Gasteiger partial charge < -0.3 is 15.4 Å². The Morgan fingerprint density at radius 3 is 2.19 bits per heavy atom. The van der Waals surface area contributed by atoms with E-state index in [0.29, 0.717) is 22.4 Å². The molecule has 0 aromatic heterocycles. The van der Waals surface area contributed by atoms with E-state index in [9.17, 15) is 14.4 Å². The van der Waals surface area contributed by atoms with Crippen LogP contribution in [0.3, 0.4) is 0 Å². The molecule has 0 saturated carbocycles. The standard InChI is InChI=1S/C20H22N2O4/c1-12(2)21-18(23)15-8-9-17(13(3)10-15)22-19(24)14-6-5-7-16(11-14)20(25)26-4/h5-12H,1-4H3,(H,21,23)(H,22,24). The van der Waals surface area contributed by atoms with E-state index in [1.54, 1.807) is 36.4 Å². The number of carbonyl (C=O) groups is 3. The van der Waals surface area contributed by atoms with Gasteiger partial charge in [-0.3, -0.25) is 9.59 Å². The molecule has 0 aliphatic heterocycles. The molecule has 136 valence electrons. The molecule has 0 fully saturated rings. The van der Waals surface area contributed by atoms with Crippen LogP contribution in [0.1, 0.15) is 50.5 Å². The van der Waals surface area contributed by atoms with Crippen LogP contribution in [0.15, 0.2) is 42.5 Å². The average molecular weight is 354 g/mol. The van der Waals surface area contributed by atoms with Crippen LogP contribution in [-0.4, -0.2) is 30.9 Å². The zero-order valence-electron chi connectivity index (χ0n) is 15.3. The molecule has 26 heavy (non-hydrogen) atoms. The molecule has 2 rings (SSSR count). The molecule has 0 heterocycles. The van der Waals surface area contributed by atoms with Gasteiger partial charge in [0.15, 0.2) is 0 Å². The Morgan fingerprint density at radius 1 is 0.923 bits per heavy atom. The Balaban J connectivity index is 2.17. The lowest BCUT2D eigenvalue weighted by atomic mass is 10.1. The summed E-state index contributed by atoms with van der Waals surface area (Å²) >= 11 is 0. The van der Waals surface area contributed by atoms with Crippen LogP contribution in [-0.2, 0) is 4.74 Å². The lowest BCUT2D eigenvalue weighted by Crippen LogP contribution is -2.30. The number of anilines is 1. The van der Waals surface area contributed by atoms with Crippen molar-refractivity contribution in [2.24, 2.45) is 0 Å². The van der Waals surface area contributed by atoms with Crippen molar-refractivity contribution in [2.45, 2.75) is 26.8 Å². The third-order valence-corrected chi connectivity index (χ3v) is 3.70. The molecule has 0 unspecified atom stereocenters. The second-order valence-electron chi connectivity index (χ2n) is 6.18. The molecular weight excluding hydrogens is 332 g/mol. The average Bonchev–Trinajstić information content (AvgIpc) is 2.62. The lowest BCUT2D eigenvalue weighted by molar-refractivity contribution is 0.0600. The van der Waals surface area contributed by atoms with E-state index in [1.807, 2.05) is 20.8 Å². The molecule has 0 radical (unpaired) electrons. The highest BCUT2D eigenvalue weighted by molar-refractivity contribution is 6.06. The fourth-order valence-corrected chi connectivity index (χ4v) is 2.39. The number of rotatable bonds is 5. The number of carbonyl (C=O) groups excluding carboxylic acids is 3. The molecule has 0 spiro atoms. The summed E-state index contributed by atoms with van der Waals surface area (Å²) in [6.45, 7) is 5.59. The van der Waals surface area contributed by atoms with Gasteiger partial charge in [-0.25, -0.2) is 4.79 Å². The normalized spacial score (nSPS) is 10.3. The van der Waals surface area contributed by atoms with Gasteiger partial charge in [0.05, 0.1) is 12.7 Å². The molecule has 2 N–H and O–H groups in total. The predicted molar refractivity (Wildman–Crippen MR) is 99.5 cm³/mol. The van der Waals surface area contributed by atoms with Crippen LogP contribution in [0.5, 0.6) is 0 Å². The summed E-state index contributed by atoms with van der Waals surface area (Å²) in [5.41, 5.74) is 2.53. The maximum atomic E-state index is 12.5. The second kappa shape index (κ2) is 8.29.